The number of aromatic amines is 1. The molecule has 6 nitrogen and oxygen atoms in total. The monoisotopic (exact) mass is 472 g/mol. The molecule has 0 aliphatic heterocycles. The van der Waals surface area contributed by atoms with E-state index < -0.39 is 0 Å². The number of H-pyrrole nitrogens is 1. The largest absolute Gasteiger partial charge is 0.356 e. The number of benzene rings is 1. The number of nitrogens with one attached hydrogen (secondary N) is 3. The molecule has 6 heteroatoms. The average Bonchev–Trinajstić information content (AvgIpc) is 3.42. The molecular formula is C29H40N6. The minimum absolute atomic E-state index is 0.364. The van der Waals surface area contributed by atoms with Crippen LogP contribution in [0.2, 0.25) is 0 Å². The molecule has 1 aromatic carbocycles. The van der Waals surface area contributed by atoms with E-state index in [1.54, 1.807) is 6.33 Å². The molecule has 1 aliphatic carbocycles. The van der Waals surface area contributed by atoms with Crippen LogP contribution in [-0.4, -0.2) is 40.0 Å². The molecule has 0 spiro atoms. The fourth-order valence-electron chi connectivity index (χ4n) is 4.82. The summed E-state index contributed by atoms with van der Waals surface area (Å²) >= 11 is 0. The first-order valence-electron chi connectivity index (χ1n) is 13.2. The molecule has 0 amide bonds. The van der Waals surface area contributed by atoms with E-state index in [1.807, 2.05) is 18.5 Å². The highest BCUT2D eigenvalue weighted by atomic mass is 15.2. The summed E-state index contributed by atoms with van der Waals surface area (Å²) in [6, 6.07) is 15.7. The number of hydrogen-bond acceptors (Lipinski definition) is 3. The molecule has 0 radical (unpaired) electrons. The van der Waals surface area contributed by atoms with Crippen molar-refractivity contribution in [1.29, 1.82) is 0 Å². The molecule has 3 N–H and O–H groups in total. The average molecular weight is 473 g/mol. The molecule has 35 heavy (non-hydrogen) atoms. The topological polar surface area (TPSA) is 78.0 Å². The van der Waals surface area contributed by atoms with E-state index in [4.69, 9.17) is 4.99 Å². The maximum Gasteiger partial charge on any atom is 0.191 e. The van der Waals surface area contributed by atoms with Gasteiger partial charge in [-0.2, -0.15) is 0 Å². The van der Waals surface area contributed by atoms with Gasteiger partial charge in [-0.1, -0.05) is 55.2 Å². The van der Waals surface area contributed by atoms with Crippen LogP contribution in [0, 0.1) is 6.92 Å². The van der Waals surface area contributed by atoms with Crippen LogP contribution in [0.3, 0.4) is 0 Å². The molecule has 1 unspecified atom stereocenters. The lowest BCUT2D eigenvalue weighted by Gasteiger charge is -2.25. The van der Waals surface area contributed by atoms with E-state index in [-0.39, 0.29) is 0 Å². The highest BCUT2D eigenvalue weighted by molar-refractivity contribution is 5.80. The first kappa shape index (κ1) is 25.0. The van der Waals surface area contributed by atoms with Crippen molar-refractivity contribution in [3.63, 3.8) is 0 Å². The number of aryl methyl sites for hydroxylation is 2. The highest BCUT2D eigenvalue weighted by Crippen LogP contribution is 2.23. The SMILES string of the molecule is Cc1ccc(CC(CCNC(=NCCCc2cnc[nH]2)NC2CCCCC2)c2ccccn2)cc1. The van der Waals surface area contributed by atoms with E-state index in [9.17, 15) is 0 Å². The normalized spacial score (nSPS) is 15.6. The van der Waals surface area contributed by atoms with Gasteiger partial charge in [0.05, 0.1) is 6.33 Å². The van der Waals surface area contributed by atoms with Gasteiger partial charge >= 0.3 is 0 Å². The number of aliphatic imine (C=N–C) groups is 1. The highest BCUT2D eigenvalue weighted by Gasteiger charge is 2.17. The van der Waals surface area contributed by atoms with Gasteiger partial charge in [-0.3, -0.25) is 9.98 Å². The molecular weight excluding hydrogens is 432 g/mol. The van der Waals surface area contributed by atoms with Gasteiger partial charge in [-0.25, -0.2) is 4.98 Å². The standard InChI is InChI=1S/C29H40N6/c1-23-12-14-24(15-13-23)20-25(28-11-5-6-17-31-28)16-19-33-29(35-26-8-3-2-4-9-26)32-18-7-10-27-21-30-22-34-27/h5-6,11-15,17,21-22,25-26H,2-4,7-10,16,18-20H2,1H3,(H,30,34)(H2,32,33,35). The van der Waals surface area contributed by atoms with Crippen molar-refractivity contribution in [3.05, 3.63) is 83.7 Å². The summed E-state index contributed by atoms with van der Waals surface area (Å²) in [5.41, 5.74) is 4.99. The van der Waals surface area contributed by atoms with Crippen molar-refractivity contribution in [1.82, 2.24) is 25.6 Å². The zero-order valence-electron chi connectivity index (χ0n) is 21.0. The Morgan fingerprint density at radius 3 is 2.71 bits per heavy atom. The molecule has 1 atom stereocenters. The third-order valence-electron chi connectivity index (χ3n) is 6.87. The smallest absolute Gasteiger partial charge is 0.191 e. The van der Waals surface area contributed by atoms with Crippen molar-refractivity contribution in [2.75, 3.05) is 13.1 Å². The van der Waals surface area contributed by atoms with Gasteiger partial charge in [-0.05, 0) is 63.1 Å². The molecule has 1 aliphatic rings. The van der Waals surface area contributed by atoms with Gasteiger partial charge in [0.15, 0.2) is 5.96 Å². The van der Waals surface area contributed by atoms with Crippen molar-refractivity contribution in [2.24, 2.45) is 4.99 Å². The van der Waals surface area contributed by atoms with Crippen LogP contribution in [0.25, 0.3) is 0 Å². The first-order chi connectivity index (χ1) is 17.3. The maximum absolute atomic E-state index is 4.93. The quantitative estimate of drug-likeness (QED) is 0.200. The van der Waals surface area contributed by atoms with Gasteiger partial charge < -0.3 is 15.6 Å². The summed E-state index contributed by atoms with van der Waals surface area (Å²) in [5, 5.41) is 7.37. The lowest BCUT2D eigenvalue weighted by atomic mass is 9.92. The minimum atomic E-state index is 0.364. The lowest BCUT2D eigenvalue weighted by Crippen LogP contribution is -2.44. The molecule has 4 rings (SSSR count). The van der Waals surface area contributed by atoms with Crippen molar-refractivity contribution < 1.29 is 0 Å². The van der Waals surface area contributed by atoms with Gasteiger partial charge in [0.25, 0.3) is 0 Å². The van der Waals surface area contributed by atoms with Gasteiger partial charge in [0.2, 0.25) is 0 Å². The maximum atomic E-state index is 4.93. The Morgan fingerprint density at radius 2 is 1.97 bits per heavy atom. The van der Waals surface area contributed by atoms with E-state index in [0.29, 0.717) is 12.0 Å². The van der Waals surface area contributed by atoms with E-state index in [1.165, 1.54) is 48.9 Å². The lowest BCUT2D eigenvalue weighted by molar-refractivity contribution is 0.409. The summed E-state index contributed by atoms with van der Waals surface area (Å²) in [4.78, 5) is 16.9. The van der Waals surface area contributed by atoms with Crippen LogP contribution >= 0.6 is 0 Å². The second-order valence-electron chi connectivity index (χ2n) is 9.75. The molecule has 3 aromatic rings. The molecule has 2 aromatic heterocycles. The number of pyridine rings is 1. The van der Waals surface area contributed by atoms with Crippen LogP contribution < -0.4 is 10.6 Å². The summed E-state index contributed by atoms with van der Waals surface area (Å²) in [6.07, 6.45) is 16.0. The van der Waals surface area contributed by atoms with E-state index in [0.717, 1.165) is 50.4 Å². The zero-order chi connectivity index (χ0) is 24.1. The molecule has 0 bridgehead atoms. The summed E-state index contributed by atoms with van der Waals surface area (Å²) in [7, 11) is 0. The number of aromatic nitrogens is 3. The van der Waals surface area contributed by atoms with Gasteiger partial charge in [0, 0.05) is 48.8 Å². The first-order valence-corrected chi connectivity index (χ1v) is 13.2. The van der Waals surface area contributed by atoms with Crippen molar-refractivity contribution in [2.45, 2.75) is 76.7 Å². The van der Waals surface area contributed by atoms with Gasteiger partial charge in [0.1, 0.15) is 0 Å². The van der Waals surface area contributed by atoms with Crippen molar-refractivity contribution in [3.8, 4) is 0 Å². The zero-order valence-corrected chi connectivity index (χ0v) is 21.0. The predicted molar refractivity (Wildman–Crippen MR) is 144 cm³/mol. The molecule has 186 valence electrons. The number of hydrogen-bond donors (Lipinski definition) is 3. The minimum Gasteiger partial charge on any atom is -0.356 e. The summed E-state index contributed by atoms with van der Waals surface area (Å²) < 4.78 is 0. The second-order valence-corrected chi connectivity index (χ2v) is 9.75. The number of nitrogens with zero attached hydrogens (tertiary/aromatic N) is 3. The van der Waals surface area contributed by atoms with Crippen molar-refractivity contribution >= 4 is 5.96 Å². The molecule has 2 heterocycles. The Balaban J connectivity index is 1.35. The Hall–Kier alpha value is -3.15. The second kappa shape index (κ2) is 13.7. The van der Waals surface area contributed by atoms with Crippen LogP contribution in [0.5, 0.6) is 0 Å². The Morgan fingerprint density at radius 1 is 1.11 bits per heavy atom. The number of rotatable bonds is 11. The van der Waals surface area contributed by atoms with Crippen LogP contribution in [-0.2, 0) is 12.8 Å². The Bertz CT molecular complexity index is 991. The third kappa shape index (κ3) is 8.53. The fraction of sp³-hybridized carbons (Fsp3) is 0.483. The molecule has 1 saturated carbocycles. The molecule has 1 fully saturated rings. The van der Waals surface area contributed by atoms with E-state index in [2.05, 4.69) is 68.9 Å². The summed E-state index contributed by atoms with van der Waals surface area (Å²) in [5.74, 6) is 1.32. The fourth-order valence-corrected chi connectivity index (χ4v) is 4.82. The predicted octanol–water partition coefficient (Wildman–Crippen LogP) is 5.33. The van der Waals surface area contributed by atoms with Crippen LogP contribution in [0.1, 0.15) is 73.4 Å². The molecule has 0 saturated heterocycles. The van der Waals surface area contributed by atoms with Crippen LogP contribution in [0.4, 0.5) is 0 Å². The number of imidazole rings is 1. The van der Waals surface area contributed by atoms with E-state index >= 15 is 0 Å². The Labute approximate surface area is 210 Å². The Kier molecular flexibility index (Phi) is 9.74. The summed E-state index contributed by atoms with van der Waals surface area (Å²) in [6.45, 7) is 3.80. The third-order valence-corrected chi connectivity index (χ3v) is 6.87. The number of guanidine groups is 1. The van der Waals surface area contributed by atoms with Gasteiger partial charge in [-0.15, -0.1) is 0 Å². The van der Waals surface area contributed by atoms with Crippen LogP contribution in [0.15, 0.2) is 66.2 Å².